The van der Waals surface area contributed by atoms with E-state index in [2.05, 4.69) is 0 Å². The molecule has 1 fully saturated rings. The second kappa shape index (κ2) is 11.2. The minimum absolute atomic E-state index is 0.0152. The molecule has 39 heavy (non-hydrogen) atoms. The first kappa shape index (κ1) is 28.3. The summed E-state index contributed by atoms with van der Waals surface area (Å²) in [6.45, 7) is 7.62. The third kappa shape index (κ3) is 5.29. The number of hydrogen-bond acceptors (Lipinski definition) is 6. The van der Waals surface area contributed by atoms with Crippen LogP contribution in [0, 0.1) is 13.8 Å². The number of aliphatic hydroxyl groups is 1. The molecule has 1 aliphatic rings. The van der Waals surface area contributed by atoms with Crippen molar-refractivity contribution in [2.45, 2.75) is 39.8 Å². The fourth-order valence-corrected chi connectivity index (χ4v) is 5.51. The number of carbonyl (C=O) groups is 2. The number of hydrogen-bond donors (Lipinski definition) is 1. The Morgan fingerprint density at radius 2 is 1.59 bits per heavy atom. The topological polar surface area (TPSA) is 85.3 Å². The molecule has 0 spiro atoms. The van der Waals surface area contributed by atoms with Crippen LogP contribution in [0.5, 0.6) is 17.2 Å². The molecule has 1 N–H and O–H groups in total. The summed E-state index contributed by atoms with van der Waals surface area (Å²) in [5.41, 5.74) is 2.82. The number of aliphatic hydroxyl groups excluding tert-OH is 1. The van der Waals surface area contributed by atoms with Crippen LogP contribution in [0.15, 0.2) is 54.1 Å². The molecule has 0 radical (unpaired) electrons. The van der Waals surface area contributed by atoms with Gasteiger partial charge in [-0.25, -0.2) is 0 Å². The highest BCUT2D eigenvalue weighted by Gasteiger charge is 2.47. The molecule has 7 nitrogen and oxygen atoms in total. The van der Waals surface area contributed by atoms with Crippen LogP contribution in [-0.2, 0) is 9.59 Å². The number of ketones is 1. The molecule has 0 bridgehead atoms. The van der Waals surface area contributed by atoms with Gasteiger partial charge in [-0.1, -0.05) is 41.4 Å². The number of ether oxygens (including phenoxy) is 3. The van der Waals surface area contributed by atoms with Gasteiger partial charge in [0.1, 0.15) is 16.5 Å². The van der Waals surface area contributed by atoms with Crippen molar-refractivity contribution in [2.75, 3.05) is 19.1 Å². The molecule has 1 amide bonds. The molecule has 0 aromatic heterocycles. The first-order chi connectivity index (χ1) is 18.5. The van der Waals surface area contributed by atoms with E-state index in [1.807, 2.05) is 45.9 Å². The zero-order chi connectivity index (χ0) is 28.6. The maximum atomic E-state index is 13.6. The summed E-state index contributed by atoms with van der Waals surface area (Å²) in [6, 6.07) is 13.1. The summed E-state index contributed by atoms with van der Waals surface area (Å²) < 4.78 is 16.6. The van der Waals surface area contributed by atoms with Crippen LogP contribution in [-0.4, -0.2) is 37.1 Å². The van der Waals surface area contributed by atoms with E-state index in [4.69, 9.17) is 37.4 Å². The number of nitrogens with zero attached hydrogens (tertiary/aromatic N) is 1. The van der Waals surface area contributed by atoms with Gasteiger partial charge in [0.05, 0.1) is 42.5 Å². The molecule has 1 aliphatic heterocycles. The summed E-state index contributed by atoms with van der Waals surface area (Å²) in [6.07, 6.45) is -0.0983. The van der Waals surface area contributed by atoms with Crippen LogP contribution in [0.1, 0.15) is 42.1 Å². The summed E-state index contributed by atoms with van der Waals surface area (Å²) in [4.78, 5) is 28.6. The summed E-state index contributed by atoms with van der Waals surface area (Å²) in [7, 11) is 2.76. The Kier molecular flexibility index (Phi) is 8.14. The van der Waals surface area contributed by atoms with E-state index < -0.39 is 23.5 Å². The number of benzene rings is 3. The summed E-state index contributed by atoms with van der Waals surface area (Å²) in [5.74, 6) is -1.38. The monoisotopic (exact) mass is 569 g/mol. The van der Waals surface area contributed by atoms with Crippen LogP contribution in [0.2, 0.25) is 10.0 Å². The lowest BCUT2D eigenvalue weighted by Gasteiger charge is -2.27. The number of anilines is 1. The Hall–Kier alpha value is -3.68. The largest absolute Gasteiger partial charge is 0.507 e. The van der Waals surface area contributed by atoms with Gasteiger partial charge in [-0.05, 0) is 74.7 Å². The summed E-state index contributed by atoms with van der Waals surface area (Å²) >= 11 is 12.9. The fourth-order valence-electron chi connectivity index (χ4n) is 4.83. The van der Waals surface area contributed by atoms with Gasteiger partial charge in [-0.3, -0.25) is 14.5 Å². The molecule has 3 aromatic rings. The standard InChI is InChI=1S/C30H29Cl2NO6/c1-15(2)39-20-9-7-8-18(13-20)25-23(26(34)21-14-22(31)29(38-6)24(32)28(21)37-5)27(35)30(36)33(25)19-11-16(3)10-17(4)12-19/h7-15,25,34H,1-6H3/b26-23+. The van der Waals surface area contributed by atoms with Crippen molar-refractivity contribution in [3.8, 4) is 17.2 Å². The Balaban J connectivity index is 2.03. The van der Waals surface area contributed by atoms with Gasteiger partial charge < -0.3 is 19.3 Å². The van der Waals surface area contributed by atoms with Gasteiger partial charge in [-0.2, -0.15) is 0 Å². The number of aryl methyl sites for hydroxylation is 2. The number of methoxy groups -OCH3 is 2. The van der Waals surface area contributed by atoms with E-state index in [0.29, 0.717) is 17.0 Å². The molecular weight excluding hydrogens is 541 g/mol. The average Bonchev–Trinajstić information content (AvgIpc) is 3.13. The number of halogens is 2. The molecular formula is C30H29Cl2NO6. The van der Waals surface area contributed by atoms with E-state index >= 15 is 0 Å². The van der Waals surface area contributed by atoms with E-state index in [-0.39, 0.29) is 38.8 Å². The van der Waals surface area contributed by atoms with Crippen LogP contribution < -0.4 is 19.1 Å². The van der Waals surface area contributed by atoms with Crippen molar-refractivity contribution in [1.29, 1.82) is 0 Å². The van der Waals surface area contributed by atoms with Gasteiger partial charge in [0.25, 0.3) is 11.7 Å². The van der Waals surface area contributed by atoms with Crippen molar-refractivity contribution in [1.82, 2.24) is 0 Å². The molecule has 1 atom stereocenters. The molecule has 9 heteroatoms. The Labute approximate surface area is 237 Å². The molecule has 0 aliphatic carbocycles. The smallest absolute Gasteiger partial charge is 0.300 e. The highest BCUT2D eigenvalue weighted by atomic mass is 35.5. The maximum absolute atomic E-state index is 13.6. The molecule has 1 unspecified atom stereocenters. The second-order valence-electron chi connectivity index (χ2n) is 9.54. The van der Waals surface area contributed by atoms with Crippen molar-refractivity contribution in [3.63, 3.8) is 0 Å². The van der Waals surface area contributed by atoms with Crippen molar-refractivity contribution < 1.29 is 28.9 Å². The lowest BCUT2D eigenvalue weighted by Crippen LogP contribution is -2.29. The molecule has 3 aromatic carbocycles. The predicted molar refractivity (Wildman–Crippen MR) is 152 cm³/mol. The van der Waals surface area contributed by atoms with Gasteiger partial charge in [0.15, 0.2) is 11.5 Å². The summed E-state index contributed by atoms with van der Waals surface area (Å²) in [5, 5.41) is 11.8. The van der Waals surface area contributed by atoms with Gasteiger partial charge in [0.2, 0.25) is 0 Å². The third-order valence-corrected chi connectivity index (χ3v) is 6.89. The minimum Gasteiger partial charge on any atom is -0.507 e. The Bertz CT molecular complexity index is 1480. The number of amides is 1. The van der Waals surface area contributed by atoms with E-state index in [1.165, 1.54) is 25.2 Å². The fraction of sp³-hybridized carbons (Fsp3) is 0.267. The lowest BCUT2D eigenvalue weighted by atomic mass is 9.94. The molecule has 204 valence electrons. The minimum atomic E-state index is -0.980. The first-order valence-electron chi connectivity index (χ1n) is 12.2. The first-order valence-corrected chi connectivity index (χ1v) is 13.0. The zero-order valence-electron chi connectivity index (χ0n) is 22.5. The van der Waals surface area contributed by atoms with Crippen LogP contribution >= 0.6 is 23.2 Å². The highest BCUT2D eigenvalue weighted by molar-refractivity contribution is 6.52. The molecule has 4 rings (SSSR count). The van der Waals surface area contributed by atoms with Crippen LogP contribution in [0.4, 0.5) is 5.69 Å². The Morgan fingerprint density at radius 1 is 0.949 bits per heavy atom. The normalized spacial score (nSPS) is 16.6. The molecule has 1 saturated heterocycles. The van der Waals surface area contributed by atoms with Crippen LogP contribution in [0.3, 0.4) is 0 Å². The lowest BCUT2D eigenvalue weighted by molar-refractivity contribution is -0.132. The van der Waals surface area contributed by atoms with Crippen molar-refractivity contribution in [3.05, 3.63) is 86.4 Å². The van der Waals surface area contributed by atoms with E-state index in [9.17, 15) is 14.7 Å². The quantitative estimate of drug-likeness (QED) is 0.186. The maximum Gasteiger partial charge on any atom is 0.300 e. The van der Waals surface area contributed by atoms with Crippen molar-refractivity contribution in [2.24, 2.45) is 0 Å². The number of rotatable bonds is 7. The molecule has 0 saturated carbocycles. The third-order valence-electron chi connectivity index (χ3n) is 6.27. The van der Waals surface area contributed by atoms with E-state index in [0.717, 1.165) is 11.1 Å². The van der Waals surface area contributed by atoms with Crippen LogP contribution in [0.25, 0.3) is 5.76 Å². The predicted octanol–water partition coefficient (Wildman–Crippen LogP) is 7.04. The van der Waals surface area contributed by atoms with Gasteiger partial charge in [-0.15, -0.1) is 0 Å². The number of Topliss-reactive ketones (excluding diaryl/α,β-unsaturated/α-hetero) is 1. The molecule has 1 heterocycles. The van der Waals surface area contributed by atoms with Crippen molar-refractivity contribution >= 4 is 46.3 Å². The van der Waals surface area contributed by atoms with Gasteiger partial charge >= 0.3 is 0 Å². The second-order valence-corrected chi connectivity index (χ2v) is 10.3. The number of carbonyl (C=O) groups excluding carboxylic acids is 2. The SMILES string of the molecule is COc1c(Cl)cc(/C(O)=C2\C(=O)C(=O)N(c3cc(C)cc(C)c3)C2c2cccc(OC(C)C)c2)c(OC)c1Cl. The Morgan fingerprint density at radius 3 is 2.18 bits per heavy atom. The highest BCUT2D eigenvalue weighted by Crippen LogP contribution is 2.48. The average molecular weight is 570 g/mol. The van der Waals surface area contributed by atoms with E-state index in [1.54, 1.807) is 24.3 Å². The zero-order valence-corrected chi connectivity index (χ0v) is 24.0. The van der Waals surface area contributed by atoms with Gasteiger partial charge in [0, 0.05) is 5.69 Å².